The molecule has 0 rings (SSSR count). The fraction of sp³-hybridized carbons (Fsp3) is 0.833. The fourth-order valence-corrected chi connectivity index (χ4v) is 0.531. The van der Waals surface area contributed by atoms with Gasteiger partial charge in [-0.1, -0.05) is 0 Å². The van der Waals surface area contributed by atoms with E-state index in [1.807, 2.05) is 0 Å². The van der Waals surface area contributed by atoms with E-state index in [2.05, 4.69) is 0 Å². The molecule has 10 heavy (non-hydrogen) atoms. The quantitative estimate of drug-likeness (QED) is 0.503. The molecule has 0 aliphatic heterocycles. The minimum atomic E-state index is -0.879. The Morgan fingerprint density at radius 1 is 1.70 bits per heavy atom. The van der Waals surface area contributed by atoms with E-state index in [0.29, 0.717) is 6.42 Å². The summed E-state index contributed by atoms with van der Waals surface area (Å²) in [6.07, 6.45) is -0.279. The van der Waals surface area contributed by atoms with Crippen molar-refractivity contribution in [3.8, 4) is 0 Å². The molecule has 0 bridgehead atoms. The predicted molar refractivity (Wildman–Crippen MR) is 36.5 cm³/mol. The molecule has 60 valence electrons. The molecule has 0 aliphatic rings. The maximum Gasteiger partial charge on any atom is 0.303 e. The highest BCUT2D eigenvalue weighted by Crippen LogP contribution is 1.98. The monoisotopic (exact) mass is 147 g/mol. The largest absolute Gasteiger partial charge is 0.481 e. The number of nitrogens with two attached hydrogens (primary N) is 1. The van der Waals surface area contributed by atoms with Crippen LogP contribution in [0.2, 0.25) is 0 Å². The second-order valence-corrected chi connectivity index (χ2v) is 2.34. The van der Waals surface area contributed by atoms with Crippen molar-refractivity contribution in [3.63, 3.8) is 0 Å². The van der Waals surface area contributed by atoms with E-state index in [0.717, 1.165) is 0 Å². The topological polar surface area (TPSA) is 83.5 Å². The second kappa shape index (κ2) is 4.24. The molecule has 2 atom stereocenters. The van der Waals surface area contributed by atoms with Crippen LogP contribution < -0.4 is 5.73 Å². The van der Waals surface area contributed by atoms with Crippen LogP contribution in [0.5, 0.6) is 0 Å². The van der Waals surface area contributed by atoms with E-state index in [9.17, 15) is 4.79 Å². The van der Waals surface area contributed by atoms with E-state index in [1.165, 1.54) is 0 Å². The molecule has 4 nitrogen and oxygen atoms in total. The van der Waals surface area contributed by atoms with Gasteiger partial charge in [0.15, 0.2) is 0 Å². The molecule has 0 aromatic rings. The third kappa shape index (κ3) is 4.29. The fourth-order valence-electron chi connectivity index (χ4n) is 0.531. The molecule has 0 unspecified atom stereocenters. The molecule has 0 spiro atoms. The molecule has 0 radical (unpaired) electrons. The second-order valence-electron chi connectivity index (χ2n) is 2.34. The number of aliphatic hydroxyl groups is 1. The molecule has 0 amide bonds. The van der Waals surface area contributed by atoms with Crippen LogP contribution in [-0.4, -0.2) is 28.3 Å². The smallest absolute Gasteiger partial charge is 0.303 e. The van der Waals surface area contributed by atoms with Crippen molar-refractivity contribution in [2.75, 3.05) is 0 Å². The zero-order valence-electron chi connectivity index (χ0n) is 5.95. The Hall–Kier alpha value is -0.610. The van der Waals surface area contributed by atoms with Gasteiger partial charge in [-0.2, -0.15) is 0 Å². The van der Waals surface area contributed by atoms with Crippen LogP contribution in [0.4, 0.5) is 0 Å². The van der Waals surface area contributed by atoms with Crippen LogP contribution in [0.25, 0.3) is 0 Å². The first-order valence-electron chi connectivity index (χ1n) is 3.19. The molecular weight excluding hydrogens is 134 g/mol. The third-order valence-corrected chi connectivity index (χ3v) is 1.31. The minimum Gasteiger partial charge on any atom is -0.481 e. The maximum atomic E-state index is 9.99. The molecular formula is C6H13NO3. The summed E-state index contributed by atoms with van der Waals surface area (Å²) in [6.45, 7) is 1.55. The molecule has 4 heteroatoms. The molecule has 0 saturated carbocycles. The van der Waals surface area contributed by atoms with Crippen LogP contribution in [0, 0.1) is 0 Å². The summed E-state index contributed by atoms with van der Waals surface area (Å²) in [6, 6.07) is -0.420. The van der Waals surface area contributed by atoms with Crippen LogP contribution in [0.1, 0.15) is 19.8 Å². The van der Waals surface area contributed by atoms with Crippen LogP contribution >= 0.6 is 0 Å². The van der Waals surface area contributed by atoms with E-state index >= 15 is 0 Å². The Balaban J connectivity index is 3.39. The summed E-state index contributed by atoms with van der Waals surface area (Å²) >= 11 is 0. The lowest BCUT2D eigenvalue weighted by Gasteiger charge is -2.12. The highest BCUT2D eigenvalue weighted by atomic mass is 16.4. The summed E-state index contributed by atoms with van der Waals surface area (Å²) < 4.78 is 0. The van der Waals surface area contributed by atoms with E-state index in [1.54, 1.807) is 6.92 Å². The van der Waals surface area contributed by atoms with E-state index in [-0.39, 0.29) is 6.42 Å². The highest BCUT2D eigenvalue weighted by Gasteiger charge is 2.10. The van der Waals surface area contributed by atoms with Gasteiger partial charge < -0.3 is 15.9 Å². The predicted octanol–water partition coefficient (Wildman–Crippen LogP) is -0.441. The molecule has 0 fully saturated rings. The van der Waals surface area contributed by atoms with Gasteiger partial charge in [0, 0.05) is 12.5 Å². The summed E-state index contributed by atoms with van der Waals surface area (Å²) in [4.78, 5) is 9.99. The summed E-state index contributed by atoms with van der Waals surface area (Å²) in [5.74, 6) is -0.879. The number of rotatable bonds is 4. The first-order valence-corrected chi connectivity index (χ1v) is 3.19. The Morgan fingerprint density at radius 3 is 2.50 bits per heavy atom. The first-order chi connectivity index (χ1) is 4.54. The Morgan fingerprint density at radius 2 is 2.20 bits per heavy atom. The molecule has 0 aromatic carbocycles. The normalized spacial score (nSPS) is 16.3. The van der Waals surface area contributed by atoms with Crippen molar-refractivity contribution in [3.05, 3.63) is 0 Å². The average molecular weight is 147 g/mol. The zero-order valence-corrected chi connectivity index (χ0v) is 5.95. The molecule has 4 N–H and O–H groups in total. The van der Waals surface area contributed by atoms with Gasteiger partial charge in [-0.15, -0.1) is 0 Å². The van der Waals surface area contributed by atoms with Gasteiger partial charge in [-0.25, -0.2) is 0 Å². The molecule has 0 saturated heterocycles. The number of aliphatic carboxylic acids is 1. The van der Waals surface area contributed by atoms with E-state index in [4.69, 9.17) is 15.9 Å². The van der Waals surface area contributed by atoms with Crippen molar-refractivity contribution in [1.82, 2.24) is 0 Å². The van der Waals surface area contributed by atoms with Crippen LogP contribution in [-0.2, 0) is 4.79 Å². The van der Waals surface area contributed by atoms with Gasteiger partial charge in [0.05, 0.1) is 6.10 Å². The number of carboxylic acids is 1. The molecule has 0 heterocycles. The maximum absolute atomic E-state index is 9.99. The van der Waals surface area contributed by atoms with Crippen molar-refractivity contribution in [1.29, 1.82) is 0 Å². The number of carboxylic acid groups (broad SMARTS) is 1. The van der Waals surface area contributed by atoms with Crippen molar-refractivity contribution in [2.45, 2.75) is 31.9 Å². The van der Waals surface area contributed by atoms with Gasteiger partial charge in [0.2, 0.25) is 0 Å². The SMILES string of the molecule is C[C@@H](O)[C@H](N)CCC(=O)O. The Kier molecular flexibility index (Phi) is 3.99. The van der Waals surface area contributed by atoms with Crippen LogP contribution in [0.3, 0.4) is 0 Å². The van der Waals surface area contributed by atoms with Gasteiger partial charge in [0.1, 0.15) is 0 Å². The third-order valence-electron chi connectivity index (χ3n) is 1.31. The number of aliphatic hydroxyl groups excluding tert-OH is 1. The van der Waals surface area contributed by atoms with Crippen LogP contribution in [0.15, 0.2) is 0 Å². The minimum absolute atomic E-state index is 0.0199. The number of hydrogen-bond donors (Lipinski definition) is 3. The van der Waals surface area contributed by atoms with Gasteiger partial charge in [-0.05, 0) is 13.3 Å². The van der Waals surface area contributed by atoms with Gasteiger partial charge >= 0.3 is 5.97 Å². The standard InChI is InChI=1S/C6H13NO3/c1-4(8)5(7)2-3-6(9)10/h4-5,8H,2-3,7H2,1H3,(H,9,10)/t4-,5-/m1/s1. The summed E-state index contributed by atoms with van der Waals surface area (Å²) in [5.41, 5.74) is 5.35. The lowest BCUT2D eigenvalue weighted by Crippen LogP contribution is -2.32. The molecule has 0 aliphatic carbocycles. The van der Waals surface area contributed by atoms with E-state index < -0.39 is 18.1 Å². The molecule has 0 aromatic heterocycles. The Labute approximate surface area is 59.7 Å². The lowest BCUT2D eigenvalue weighted by atomic mass is 10.1. The number of carbonyl (C=O) groups is 1. The van der Waals surface area contributed by atoms with Gasteiger partial charge in [-0.3, -0.25) is 4.79 Å². The van der Waals surface area contributed by atoms with Crippen molar-refractivity contribution in [2.24, 2.45) is 5.73 Å². The highest BCUT2D eigenvalue weighted by molar-refractivity contribution is 5.66. The van der Waals surface area contributed by atoms with Crippen molar-refractivity contribution < 1.29 is 15.0 Å². The van der Waals surface area contributed by atoms with Gasteiger partial charge in [0.25, 0.3) is 0 Å². The zero-order chi connectivity index (χ0) is 8.15. The van der Waals surface area contributed by atoms with Crippen molar-refractivity contribution >= 4 is 5.97 Å². The summed E-state index contributed by atoms with van der Waals surface area (Å²) in [7, 11) is 0. The average Bonchev–Trinajstić information content (AvgIpc) is 1.82. The lowest BCUT2D eigenvalue weighted by molar-refractivity contribution is -0.137. The first kappa shape index (κ1) is 9.39. The summed E-state index contributed by atoms with van der Waals surface area (Å²) in [5, 5.41) is 17.0. The Bertz CT molecular complexity index is 114. The number of hydrogen-bond acceptors (Lipinski definition) is 3.